The van der Waals surface area contributed by atoms with Crippen molar-refractivity contribution in [3.63, 3.8) is 0 Å². The molecule has 0 radical (unpaired) electrons. The van der Waals surface area contributed by atoms with E-state index in [4.69, 9.17) is 0 Å². The van der Waals surface area contributed by atoms with E-state index in [0.717, 1.165) is 33.5 Å². The van der Waals surface area contributed by atoms with Crippen LogP contribution in [0, 0.1) is 5.82 Å². The number of nitrogens with zero attached hydrogens (tertiary/aromatic N) is 2. The number of anilines is 3. The van der Waals surface area contributed by atoms with Crippen LogP contribution in [-0.4, -0.2) is 4.57 Å². The molecule has 2 nitrogen and oxygen atoms in total. The third kappa shape index (κ3) is 6.31. The Labute approximate surface area is 435 Å². The van der Waals surface area contributed by atoms with Gasteiger partial charge in [-0.25, -0.2) is 4.39 Å². The quantitative estimate of drug-likeness (QED) is 0.145. The standard InChI is InChI=1S/C72H49FN2/c1-71(2)65-41-46(29-37-58(65)59-39-35-53(44-66(59)71)74(52-33-31-51(73)32-34-52)69-43-48-17-9-10-22-55(48)56-23-11-12-25-61(56)69)47-30-38-63-62-26-14-16-28-68(62)75(70(63)42-47)54-36-40-60-57-24-13-15-27-64(57)72(67(60)45-54,49-18-5-3-6-19-49)50-20-7-4-8-21-50/h3-45H,1-2H3. The highest BCUT2D eigenvalue weighted by Gasteiger charge is 2.46. The van der Waals surface area contributed by atoms with Crippen LogP contribution in [-0.2, 0) is 10.8 Å². The number of hydrogen-bond donors (Lipinski definition) is 0. The first-order chi connectivity index (χ1) is 36.9. The molecular weight excluding hydrogens is 912 g/mol. The maximum atomic E-state index is 14.6. The Bertz CT molecular complexity index is 4410. The maximum absolute atomic E-state index is 14.6. The molecule has 1 heterocycles. The van der Waals surface area contributed by atoms with E-state index in [2.05, 4.69) is 260 Å². The Morgan fingerprint density at radius 3 is 1.68 bits per heavy atom. The molecule has 0 amide bonds. The van der Waals surface area contributed by atoms with Gasteiger partial charge >= 0.3 is 0 Å². The number of fused-ring (bicyclic) bond motifs is 12. The zero-order chi connectivity index (χ0) is 50.0. The second-order valence-electron chi connectivity index (χ2n) is 20.9. The highest BCUT2D eigenvalue weighted by molar-refractivity contribution is 6.15. The minimum absolute atomic E-state index is 0.257. The number of para-hydroxylation sites is 1. The predicted octanol–water partition coefficient (Wildman–Crippen LogP) is 19.0. The van der Waals surface area contributed by atoms with Crippen LogP contribution < -0.4 is 4.90 Å². The third-order valence-electron chi connectivity index (χ3n) is 16.7. The van der Waals surface area contributed by atoms with Gasteiger partial charge in [-0.05, 0) is 156 Å². The molecule has 2 aliphatic carbocycles. The van der Waals surface area contributed by atoms with Gasteiger partial charge in [-0.3, -0.25) is 0 Å². The van der Waals surface area contributed by atoms with Gasteiger partial charge in [0.25, 0.3) is 0 Å². The topological polar surface area (TPSA) is 8.17 Å². The van der Waals surface area contributed by atoms with Gasteiger partial charge in [-0.1, -0.05) is 202 Å². The average Bonchev–Trinajstić information content (AvgIpc) is 4.04. The van der Waals surface area contributed by atoms with Gasteiger partial charge < -0.3 is 9.47 Å². The SMILES string of the molecule is CC1(C)c2cc(-c3ccc4c5ccccc5n(-c5ccc6c(c5)C(c5ccccc5)(c5ccccc5)c5ccccc5-6)c4c3)ccc2-c2ccc(N(c3ccc(F)cc3)c3cc4ccccc4c4ccccc34)cc21. The van der Waals surface area contributed by atoms with Gasteiger partial charge in [-0.15, -0.1) is 0 Å². The van der Waals surface area contributed by atoms with E-state index in [0.29, 0.717) is 0 Å². The Hall–Kier alpha value is -9.31. The first-order valence-corrected chi connectivity index (χ1v) is 26.0. The van der Waals surface area contributed by atoms with Gasteiger partial charge in [0.05, 0.1) is 22.1 Å². The second-order valence-corrected chi connectivity index (χ2v) is 20.9. The van der Waals surface area contributed by atoms with E-state index in [9.17, 15) is 4.39 Å². The van der Waals surface area contributed by atoms with Gasteiger partial charge in [-0.2, -0.15) is 0 Å². The summed E-state index contributed by atoms with van der Waals surface area (Å²) in [6.07, 6.45) is 0. The molecule has 75 heavy (non-hydrogen) atoms. The molecule has 0 spiro atoms. The summed E-state index contributed by atoms with van der Waals surface area (Å²) >= 11 is 0. The molecule has 2 aliphatic rings. The van der Waals surface area contributed by atoms with E-state index in [1.165, 1.54) is 99.3 Å². The van der Waals surface area contributed by atoms with Gasteiger partial charge in [0.2, 0.25) is 0 Å². The van der Waals surface area contributed by atoms with E-state index >= 15 is 0 Å². The Kier molecular flexibility index (Phi) is 9.44. The number of aromatic nitrogens is 1. The molecule has 13 aromatic rings. The summed E-state index contributed by atoms with van der Waals surface area (Å²) < 4.78 is 17.1. The van der Waals surface area contributed by atoms with E-state index in [1.54, 1.807) is 12.1 Å². The normalized spacial score (nSPS) is 13.7. The molecule has 0 aliphatic heterocycles. The lowest BCUT2D eigenvalue weighted by molar-refractivity contribution is 0.628. The maximum Gasteiger partial charge on any atom is 0.123 e. The molecule has 0 saturated heterocycles. The van der Waals surface area contributed by atoms with Crippen LogP contribution in [0.25, 0.3) is 82.4 Å². The highest BCUT2D eigenvalue weighted by atomic mass is 19.1. The van der Waals surface area contributed by atoms with Crippen LogP contribution in [0.1, 0.15) is 47.2 Å². The molecule has 0 bridgehead atoms. The molecule has 15 rings (SSSR count). The Morgan fingerprint density at radius 1 is 0.360 bits per heavy atom. The van der Waals surface area contributed by atoms with Crippen molar-refractivity contribution in [1.29, 1.82) is 0 Å². The molecule has 0 atom stereocenters. The van der Waals surface area contributed by atoms with Crippen molar-refractivity contribution in [3.8, 4) is 39.1 Å². The first-order valence-electron chi connectivity index (χ1n) is 26.0. The number of hydrogen-bond acceptors (Lipinski definition) is 1. The van der Waals surface area contributed by atoms with Crippen LogP contribution in [0.2, 0.25) is 0 Å². The van der Waals surface area contributed by atoms with Crippen LogP contribution in [0.3, 0.4) is 0 Å². The molecule has 0 N–H and O–H groups in total. The summed E-state index contributed by atoms with van der Waals surface area (Å²) in [7, 11) is 0. The van der Waals surface area contributed by atoms with Crippen molar-refractivity contribution in [1.82, 2.24) is 4.57 Å². The smallest absolute Gasteiger partial charge is 0.123 e. The number of rotatable bonds is 7. The minimum atomic E-state index is -0.506. The molecule has 0 unspecified atom stereocenters. The summed E-state index contributed by atoms with van der Waals surface area (Å²) in [4.78, 5) is 2.30. The monoisotopic (exact) mass is 960 g/mol. The van der Waals surface area contributed by atoms with Gasteiger partial charge in [0.1, 0.15) is 5.82 Å². The largest absolute Gasteiger partial charge is 0.310 e. The van der Waals surface area contributed by atoms with Crippen LogP contribution in [0.5, 0.6) is 0 Å². The van der Waals surface area contributed by atoms with Crippen molar-refractivity contribution in [2.45, 2.75) is 24.7 Å². The zero-order valence-corrected chi connectivity index (χ0v) is 41.6. The van der Waals surface area contributed by atoms with Crippen molar-refractivity contribution >= 4 is 60.4 Å². The fourth-order valence-electron chi connectivity index (χ4n) is 13.3. The fraction of sp³-hybridized carbons (Fsp3) is 0.0556. The van der Waals surface area contributed by atoms with Gasteiger partial charge in [0.15, 0.2) is 0 Å². The lowest BCUT2D eigenvalue weighted by Gasteiger charge is -2.34. The van der Waals surface area contributed by atoms with Crippen molar-refractivity contribution in [2.24, 2.45) is 0 Å². The summed E-state index contributed by atoms with van der Waals surface area (Å²) in [5.74, 6) is -0.257. The van der Waals surface area contributed by atoms with Crippen molar-refractivity contribution in [2.75, 3.05) is 4.90 Å². The molecule has 0 saturated carbocycles. The van der Waals surface area contributed by atoms with E-state index in [1.807, 2.05) is 12.1 Å². The molecule has 1 aromatic heterocycles. The summed E-state index contributed by atoms with van der Waals surface area (Å²) in [5, 5.41) is 7.14. The summed E-state index contributed by atoms with van der Waals surface area (Å²) in [6, 6.07) is 94.5. The van der Waals surface area contributed by atoms with E-state index < -0.39 is 5.41 Å². The average molecular weight is 961 g/mol. The molecule has 12 aromatic carbocycles. The molecular formula is C72H49FN2. The zero-order valence-electron chi connectivity index (χ0n) is 41.6. The predicted molar refractivity (Wildman–Crippen MR) is 311 cm³/mol. The number of halogens is 1. The Morgan fingerprint density at radius 2 is 0.907 bits per heavy atom. The molecule has 3 heteroatoms. The minimum Gasteiger partial charge on any atom is -0.310 e. The molecule has 0 fully saturated rings. The number of benzene rings is 12. The third-order valence-corrected chi connectivity index (χ3v) is 16.7. The first kappa shape index (κ1) is 43.3. The van der Waals surface area contributed by atoms with Crippen LogP contribution in [0.15, 0.2) is 261 Å². The fourth-order valence-corrected chi connectivity index (χ4v) is 13.3. The Balaban J connectivity index is 0.864. The van der Waals surface area contributed by atoms with Crippen LogP contribution >= 0.6 is 0 Å². The summed E-state index contributed by atoms with van der Waals surface area (Å²) in [6.45, 7) is 4.72. The van der Waals surface area contributed by atoms with Crippen molar-refractivity contribution < 1.29 is 4.39 Å². The van der Waals surface area contributed by atoms with Gasteiger partial charge in [0, 0.05) is 38.6 Å². The summed E-state index contributed by atoms with van der Waals surface area (Å²) in [5.41, 5.74) is 20.7. The molecule has 354 valence electrons. The lowest BCUT2D eigenvalue weighted by Crippen LogP contribution is -2.28. The van der Waals surface area contributed by atoms with Crippen molar-refractivity contribution in [3.05, 3.63) is 300 Å². The van der Waals surface area contributed by atoms with E-state index in [-0.39, 0.29) is 11.2 Å². The highest BCUT2D eigenvalue weighted by Crippen LogP contribution is 2.57. The second kappa shape index (κ2) is 16.3. The lowest BCUT2D eigenvalue weighted by atomic mass is 9.67. The van der Waals surface area contributed by atoms with Crippen LogP contribution in [0.4, 0.5) is 21.5 Å².